The van der Waals surface area contributed by atoms with Crippen molar-refractivity contribution in [2.45, 2.75) is 37.2 Å². The summed E-state index contributed by atoms with van der Waals surface area (Å²) in [7, 11) is -1.92. The van der Waals surface area contributed by atoms with Gasteiger partial charge in [0.2, 0.25) is 0 Å². The van der Waals surface area contributed by atoms with Gasteiger partial charge in [-0.05, 0) is 50.8 Å². The van der Waals surface area contributed by atoms with Gasteiger partial charge in [0.25, 0.3) is 11.5 Å². The first-order valence-electron chi connectivity index (χ1n) is 9.69. The normalized spacial score (nSPS) is 17.7. The van der Waals surface area contributed by atoms with Gasteiger partial charge in [0.1, 0.15) is 5.75 Å². The number of sulfone groups is 1. The number of benzene rings is 1. The molecule has 2 aromatic rings. The minimum Gasteiger partial charge on any atom is -0.493 e. The van der Waals surface area contributed by atoms with Crippen LogP contribution in [-0.4, -0.2) is 37.4 Å². The van der Waals surface area contributed by atoms with Crippen LogP contribution >= 0.6 is 0 Å². The molecule has 30 heavy (non-hydrogen) atoms. The molecule has 0 unspecified atom stereocenters. The van der Waals surface area contributed by atoms with Gasteiger partial charge in [0, 0.05) is 30.6 Å². The maximum atomic E-state index is 12.6. The van der Waals surface area contributed by atoms with Crippen molar-refractivity contribution in [2.24, 2.45) is 13.0 Å². The predicted octanol–water partition coefficient (Wildman–Crippen LogP) is 2.35. The molecule has 2 aliphatic rings. The van der Waals surface area contributed by atoms with Crippen LogP contribution in [0.1, 0.15) is 26.7 Å². The summed E-state index contributed by atoms with van der Waals surface area (Å²) in [4.78, 5) is 25.1. The molecule has 1 aromatic carbocycles. The van der Waals surface area contributed by atoms with Gasteiger partial charge in [0.05, 0.1) is 11.5 Å². The number of pyridine rings is 1. The van der Waals surface area contributed by atoms with Crippen molar-refractivity contribution in [1.82, 2.24) is 4.57 Å². The number of rotatable bonds is 5. The van der Waals surface area contributed by atoms with Crippen LogP contribution in [0.5, 0.6) is 11.5 Å². The number of aryl methyl sites for hydroxylation is 1. The van der Waals surface area contributed by atoms with Crippen LogP contribution in [0.25, 0.3) is 11.1 Å². The Morgan fingerprint density at radius 2 is 1.93 bits per heavy atom. The van der Waals surface area contributed by atoms with Crippen LogP contribution in [0.15, 0.2) is 34.1 Å². The maximum absolute atomic E-state index is 12.6. The van der Waals surface area contributed by atoms with Crippen LogP contribution in [0, 0.1) is 5.92 Å². The van der Waals surface area contributed by atoms with Crippen molar-refractivity contribution in [1.29, 1.82) is 0 Å². The van der Waals surface area contributed by atoms with E-state index in [1.807, 2.05) is 0 Å². The topological polar surface area (TPSA) is 104 Å². The zero-order valence-corrected chi connectivity index (χ0v) is 18.1. The van der Waals surface area contributed by atoms with Crippen LogP contribution < -0.4 is 20.3 Å². The largest absolute Gasteiger partial charge is 0.493 e. The molecule has 4 rings (SSSR count). The first-order valence-corrected chi connectivity index (χ1v) is 11.6. The van der Waals surface area contributed by atoms with E-state index >= 15 is 0 Å². The highest BCUT2D eigenvalue weighted by Gasteiger charge is 2.39. The van der Waals surface area contributed by atoms with Gasteiger partial charge in [-0.3, -0.25) is 9.59 Å². The zero-order chi connectivity index (χ0) is 21.8. The number of carbonyl (C=O) groups is 1. The van der Waals surface area contributed by atoms with E-state index in [0.29, 0.717) is 29.4 Å². The van der Waals surface area contributed by atoms with Gasteiger partial charge >= 0.3 is 0 Å². The number of fused-ring (bicyclic) bond motifs is 1. The molecule has 1 fully saturated rings. The monoisotopic (exact) mass is 432 g/mol. The zero-order valence-electron chi connectivity index (χ0n) is 17.3. The minimum atomic E-state index is -3.47. The van der Waals surface area contributed by atoms with E-state index in [2.05, 4.69) is 5.32 Å². The molecule has 1 aromatic heterocycles. The number of amides is 1. The van der Waals surface area contributed by atoms with Crippen molar-refractivity contribution in [2.75, 3.05) is 18.2 Å². The molecule has 0 saturated heterocycles. The van der Waals surface area contributed by atoms with Crippen LogP contribution in [-0.2, 0) is 21.7 Å². The van der Waals surface area contributed by atoms with Gasteiger partial charge in [-0.2, -0.15) is 0 Å². The Hall–Kier alpha value is -2.81. The quantitative estimate of drug-likeness (QED) is 0.778. The lowest BCUT2D eigenvalue weighted by Gasteiger charge is -2.33. The number of carbonyl (C=O) groups excluding carboxylic acids is 1. The lowest BCUT2D eigenvalue weighted by Crippen LogP contribution is -2.47. The van der Waals surface area contributed by atoms with Gasteiger partial charge in [-0.25, -0.2) is 8.42 Å². The summed E-state index contributed by atoms with van der Waals surface area (Å²) >= 11 is 0. The summed E-state index contributed by atoms with van der Waals surface area (Å²) in [5.41, 5.74) is -0.638. The van der Waals surface area contributed by atoms with Crippen molar-refractivity contribution in [3.05, 3.63) is 34.7 Å². The van der Waals surface area contributed by atoms with E-state index < -0.39 is 26.9 Å². The van der Waals surface area contributed by atoms with Crippen LogP contribution in [0.3, 0.4) is 0 Å². The third-order valence-corrected chi connectivity index (χ3v) is 6.42. The Balaban J connectivity index is 1.95. The van der Waals surface area contributed by atoms with Crippen LogP contribution in [0.4, 0.5) is 5.69 Å². The second-order valence-corrected chi connectivity index (χ2v) is 10.4. The van der Waals surface area contributed by atoms with E-state index in [1.54, 1.807) is 33.2 Å². The molecule has 1 saturated carbocycles. The summed E-state index contributed by atoms with van der Waals surface area (Å²) in [5.74, 6) is 0.758. The standard InChI is InChI=1S/C21H24N2O6S/c1-21(2)20(25)22-17-18(29-21)15(10-23(3)19(17)24)14-9-13(30(4,26)27)7-8-16(14)28-11-12-5-6-12/h7-10,12H,5-6,11H2,1-4H3,(H,22,25). The third-order valence-electron chi connectivity index (χ3n) is 5.31. The van der Waals surface area contributed by atoms with Gasteiger partial charge in [0.15, 0.2) is 26.9 Å². The minimum absolute atomic E-state index is 0.0252. The fourth-order valence-electron chi connectivity index (χ4n) is 3.26. The van der Waals surface area contributed by atoms with Crippen molar-refractivity contribution in [3.63, 3.8) is 0 Å². The number of nitrogens with zero attached hydrogens (tertiary/aromatic N) is 1. The van der Waals surface area contributed by atoms with Crippen molar-refractivity contribution < 1.29 is 22.7 Å². The molecule has 1 aliphatic carbocycles. The first kappa shape index (κ1) is 20.5. The molecule has 1 amide bonds. The summed E-state index contributed by atoms with van der Waals surface area (Å²) < 4.78 is 37.6. The third kappa shape index (κ3) is 3.69. The fraction of sp³-hybridized carbons (Fsp3) is 0.429. The summed E-state index contributed by atoms with van der Waals surface area (Å²) in [6.45, 7) is 3.73. The Kier molecular flexibility index (Phi) is 4.68. The molecular weight excluding hydrogens is 408 g/mol. The van der Waals surface area contributed by atoms with Gasteiger partial charge in [-0.15, -0.1) is 0 Å². The number of hydrogen-bond acceptors (Lipinski definition) is 6. The Labute approximate surface area is 174 Å². The molecule has 1 aliphatic heterocycles. The number of ether oxygens (including phenoxy) is 2. The average Bonchev–Trinajstić information content (AvgIpc) is 3.48. The molecule has 0 spiro atoms. The smallest absolute Gasteiger partial charge is 0.277 e. The Bertz CT molecular complexity index is 1210. The van der Waals surface area contributed by atoms with E-state index in [1.165, 1.54) is 16.7 Å². The summed E-state index contributed by atoms with van der Waals surface area (Å²) in [6.07, 6.45) is 4.91. The van der Waals surface area contributed by atoms with Crippen molar-refractivity contribution >= 4 is 21.4 Å². The number of aromatic nitrogens is 1. The lowest BCUT2D eigenvalue weighted by molar-refractivity contribution is -0.129. The summed E-state index contributed by atoms with van der Waals surface area (Å²) in [5, 5.41) is 2.64. The molecule has 8 nitrogen and oxygen atoms in total. The number of anilines is 1. The lowest BCUT2D eigenvalue weighted by atomic mass is 10.0. The molecular formula is C21H24N2O6S. The average molecular weight is 432 g/mol. The molecule has 2 heterocycles. The highest BCUT2D eigenvalue weighted by atomic mass is 32.2. The highest BCUT2D eigenvalue weighted by Crippen LogP contribution is 2.44. The van der Waals surface area contributed by atoms with Gasteiger partial charge < -0.3 is 19.4 Å². The van der Waals surface area contributed by atoms with E-state index in [9.17, 15) is 18.0 Å². The number of hydrogen-bond donors (Lipinski definition) is 1. The molecule has 9 heteroatoms. The van der Waals surface area contributed by atoms with E-state index in [0.717, 1.165) is 19.1 Å². The Morgan fingerprint density at radius 1 is 1.23 bits per heavy atom. The Morgan fingerprint density at radius 3 is 2.57 bits per heavy atom. The molecule has 1 N–H and O–H groups in total. The summed E-state index contributed by atoms with van der Waals surface area (Å²) in [6, 6.07) is 4.64. The maximum Gasteiger partial charge on any atom is 0.277 e. The fourth-order valence-corrected chi connectivity index (χ4v) is 3.91. The molecule has 0 bridgehead atoms. The first-order chi connectivity index (χ1) is 14.0. The molecule has 160 valence electrons. The number of nitrogens with one attached hydrogen (secondary N) is 1. The second kappa shape index (κ2) is 6.87. The van der Waals surface area contributed by atoms with Crippen LogP contribution in [0.2, 0.25) is 0 Å². The van der Waals surface area contributed by atoms with Gasteiger partial charge in [-0.1, -0.05) is 0 Å². The predicted molar refractivity (Wildman–Crippen MR) is 112 cm³/mol. The van der Waals surface area contributed by atoms with E-state index in [4.69, 9.17) is 9.47 Å². The molecule has 0 atom stereocenters. The van der Waals surface area contributed by atoms with Crippen molar-refractivity contribution in [3.8, 4) is 22.6 Å². The SMILES string of the molecule is Cn1cc(-c2cc(S(C)(=O)=O)ccc2OCC2CC2)c2c(c1=O)NC(=O)C(C)(C)O2. The van der Waals surface area contributed by atoms with E-state index in [-0.39, 0.29) is 16.3 Å². The molecule has 0 radical (unpaired) electrons. The second-order valence-electron chi connectivity index (χ2n) is 8.41. The highest BCUT2D eigenvalue weighted by molar-refractivity contribution is 7.90.